The fraction of sp³-hybridized carbons (Fsp3) is 0.556. The molecule has 0 aromatic heterocycles. The Kier molecular flexibility index (Phi) is 8.02. The molecule has 0 aliphatic carbocycles. The van der Waals surface area contributed by atoms with E-state index in [1.807, 2.05) is 6.92 Å². The molecule has 1 heteroatoms. The maximum atomic E-state index is 5.82. The standard InChI is InChI=1S/C18H27N/c1-3-4-5-6-7-8-9-10-11-17-12-14-18(15-13-17)16(2)19/h12-16H,3-9,19H2,1-2H3. The van der Waals surface area contributed by atoms with Gasteiger partial charge in [-0.1, -0.05) is 63.0 Å². The zero-order valence-electron chi connectivity index (χ0n) is 12.4. The first-order valence-electron chi connectivity index (χ1n) is 7.58. The highest BCUT2D eigenvalue weighted by atomic mass is 14.6. The lowest BCUT2D eigenvalue weighted by Gasteiger charge is -2.04. The van der Waals surface area contributed by atoms with E-state index in [0.717, 1.165) is 12.0 Å². The molecule has 1 nitrogen and oxygen atoms in total. The van der Waals surface area contributed by atoms with Gasteiger partial charge in [-0.25, -0.2) is 0 Å². The van der Waals surface area contributed by atoms with Gasteiger partial charge in [0.05, 0.1) is 0 Å². The molecule has 0 saturated heterocycles. The van der Waals surface area contributed by atoms with Crippen molar-refractivity contribution in [3.05, 3.63) is 35.4 Å². The number of hydrogen-bond donors (Lipinski definition) is 1. The van der Waals surface area contributed by atoms with Crippen molar-refractivity contribution in [1.29, 1.82) is 0 Å². The largest absolute Gasteiger partial charge is 0.324 e. The van der Waals surface area contributed by atoms with Crippen LogP contribution in [0.15, 0.2) is 24.3 Å². The smallest absolute Gasteiger partial charge is 0.0266 e. The highest BCUT2D eigenvalue weighted by Gasteiger charge is 1.97. The third-order valence-corrected chi connectivity index (χ3v) is 3.32. The first-order chi connectivity index (χ1) is 9.24. The molecule has 0 heterocycles. The van der Waals surface area contributed by atoms with Crippen LogP contribution in [0.4, 0.5) is 0 Å². The van der Waals surface area contributed by atoms with E-state index in [1.54, 1.807) is 0 Å². The van der Waals surface area contributed by atoms with Crippen LogP contribution < -0.4 is 5.73 Å². The summed E-state index contributed by atoms with van der Waals surface area (Å²) in [5.74, 6) is 6.48. The van der Waals surface area contributed by atoms with Crippen molar-refractivity contribution < 1.29 is 0 Å². The Balaban J connectivity index is 2.22. The second-order valence-corrected chi connectivity index (χ2v) is 5.23. The number of rotatable bonds is 7. The summed E-state index contributed by atoms with van der Waals surface area (Å²) in [5.41, 5.74) is 8.08. The fourth-order valence-corrected chi connectivity index (χ4v) is 2.03. The summed E-state index contributed by atoms with van der Waals surface area (Å²) >= 11 is 0. The van der Waals surface area contributed by atoms with Gasteiger partial charge >= 0.3 is 0 Å². The summed E-state index contributed by atoms with van der Waals surface area (Å²) in [6.07, 6.45) is 8.99. The zero-order valence-corrected chi connectivity index (χ0v) is 12.4. The second kappa shape index (κ2) is 9.64. The van der Waals surface area contributed by atoms with Crippen LogP contribution in [0.5, 0.6) is 0 Å². The number of hydrogen-bond acceptors (Lipinski definition) is 1. The first-order valence-corrected chi connectivity index (χ1v) is 7.58. The molecule has 1 aromatic carbocycles. The zero-order chi connectivity index (χ0) is 13.9. The van der Waals surface area contributed by atoms with E-state index >= 15 is 0 Å². The lowest BCUT2D eigenvalue weighted by atomic mass is 10.1. The van der Waals surface area contributed by atoms with Gasteiger partial charge in [0.2, 0.25) is 0 Å². The van der Waals surface area contributed by atoms with Crippen molar-refractivity contribution in [2.75, 3.05) is 0 Å². The Morgan fingerprint density at radius 3 is 2.26 bits per heavy atom. The van der Waals surface area contributed by atoms with E-state index in [4.69, 9.17) is 5.73 Å². The molecule has 2 N–H and O–H groups in total. The quantitative estimate of drug-likeness (QED) is 0.550. The summed E-state index contributed by atoms with van der Waals surface area (Å²) in [6.45, 7) is 4.25. The Hall–Kier alpha value is -1.26. The minimum Gasteiger partial charge on any atom is -0.324 e. The number of unbranched alkanes of at least 4 members (excludes halogenated alkanes) is 6. The van der Waals surface area contributed by atoms with Gasteiger partial charge in [-0.2, -0.15) is 0 Å². The first kappa shape index (κ1) is 15.8. The van der Waals surface area contributed by atoms with E-state index in [-0.39, 0.29) is 6.04 Å². The normalized spacial score (nSPS) is 11.7. The Morgan fingerprint density at radius 2 is 1.63 bits per heavy atom. The molecule has 1 aromatic rings. The third-order valence-electron chi connectivity index (χ3n) is 3.32. The Labute approximate surface area is 118 Å². The van der Waals surface area contributed by atoms with E-state index in [9.17, 15) is 0 Å². The number of nitrogens with two attached hydrogens (primary N) is 1. The molecule has 104 valence electrons. The van der Waals surface area contributed by atoms with E-state index < -0.39 is 0 Å². The van der Waals surface area contributed by atoms with Crippen molar-refractivity contribution in [2.45, 2.75) is 64.8 Å². The van der Waals surface area contributed by atoms with Crippen molar-refractivity contribution >= 4 is 0 Å². The maximum absolute atomic E-state index is 5.82. The fourth-order valence-electron chi connectivity index (χ4n) is 2.03. The second-order valence-electron chi connectivity index (χ2n) is 5.23. The molecule has 19 heavy (non-hydrogen) atoms. The average molecular weight is 257 g/mol. The van der Waals surface area contributed by atoms with Crippen LogP contribution in [-0.4, -0.2) is 0 Å². The SMILES string of the molecule is CCCCCCCCC#Cc1ccc(C(C)N)cc1. The summed E-state index contributed by atoms with van der Waals surface area (Å²) in [4.78, 5) is 0. The van der Waals surface area contributed by atoms with Gasteiger partial charge in [0.25, 0.3) is 0 Å². The molecule has 0 radical (unpaired) electrons. The van der Waals surface area contributed by atoms with Gasteiger partial charge in [0.15, 0.2) is 0 Å². The molecular formula is C18H27N. The Morgan fingerprint density at radius 1 is 1.00 bits per heavy atom. The topological polar surface area (TPSA) is 26.0 Å². The lowest BCUT2D eigenvalue weighted by Crippen LogP contribution is -2.04. The third kappa shape index (κ3) is 7.03. The van der Waals surface area contributed by atoms with Crippen molar-refractivity contribution in [2.24, 2.45) is 5.73 Å². The van der Waals surface area contributed by atoms with Crippen LogP contribution in [0, 0.1) is 11.8 Å². The summed E-state index contributed by atoms with van der Waals surface area (Å²) in [6, 6.07) is 8.36. The van der Waals surface area contributed by atoms with Gasteiger partial charge in [-0.05, 0) is 31.0 Å². The van der Waals surface area contributed by atoms with Crippen LogP contribution >= 0.6 is 0 Å². The van der Waals surface area contributed by atoms with Crippen LogP contribution in [0.2, 0.25) is 0 Å². The summed E-state index contributed by atoms with van der Waals surface area (Å²) in [5, 5.41) is 0. The van der Waals surface area contributed by atoms with Crippen molar-refractivity contribution in [3.8, 4) is 11.8 Å². The monoisotopic (exact) mass is 257 g/mol. The van der Waals surface area contributed by atoms with Crippen molar-refractivity contribution in [3.63, 3.8) is 0 Å². The van der Waals surface area contributed by atoms with Crippen molar-refractivity contribution in [1.82, 2.24) is 0 Å². The van der Waals surface area contributed by atoms with Gasteiger partial charge in [0, 0.05) is 18.0 Å². The minimum atomic E-state index is 0.102. The van der Waals surface area contributed by atoms with E-state index in [1.165, 1.54) is 44.1 Å². The van der Waals surface area contributed by atoms with Crippen LogP contribution in [0.25, 0.3) is 0 Å². The molecule has 0 amide bonds. The molecule has 0 spiro atoms. The number of benzene rings is 1. The Bertz CT molecular complexity index is 392. The maximum Gasteiger partial charge on any atom is 0.0266 e. The highest BCUT2D eigenvalue weighted by molar-refractivity contribution is 5.36. The van der Waals surface area contributed by atoms with E-state index in [0.29, 0.717) is 0 Å². The van der Waals surface area contributed by atoms with Gasteiger partial charge in [0.1, 0.15) is 0 Å². The molecule has 0 aliphatic heterocycles. The molecular weight excluding hydrogens is 230 g/mol. The van der Waals surface area contributed by atoms with E-state index in [2.05, 4.69) is 43.0 Å². The predicted octanol–water partition coefficient (Wildman–Crippen LogP) is 4.81. The molecule has 0 bridgehead atoms. The van der Waals surface area contributed by atoms with Gasteiger partial charge in [-0.3, -0.25) is 0 Å². The molecule has 0 aliphatic rings. The van der Waals surface area contributed by atoms with Crippen LogP contribution in [0.1, 0.15) is 76.0 Å². The molecule has 1 atom stereocenters. The molecule has 1 rings (SSSR count). The molecule has 0 saturated carbocycles. The highest BCUT2D eigenvalue weighted by Crippen LogP contribution is 2.10. The van der Waals surface area contributed by atoms with Crippen LogP contribution in [0.3, 0.4) is 0 Å². The molecule has 1 unspecified atom stereocenters. The molecule has 0 fully saturated rings. The predicted molar refractivity (Wildman–Crippen MR) is 83.9 cm³/mol. The van der Waals surface area contributed by atoms with Gasteiger partial charge in [-0.15, -0.1) is 0 Å². The van der Waals surface area contributed by atoms with Crippen LogP contribution in [-0.2, 0) is 0 Å². The summed E-state index contributed by atoms with van der Waals surface area (Å²) in [7, 11) is 0. The summed E-state index contributed by atoms with van der Waals surface area (Å²) < 4.78 is 0. The minimum absolute atomic E-state index is 0.102. The van der Waals surface area contributed by atoms with Gasteiger partial charge < -0.3 is 5.73 Å². The average Bonchev–Trinajstić information content (AvgIpc) is 2.42. The lowest BCUT2D eigenvalue weighted by molar-refractivity contribution is 0.614.